The normalized spacial score (nSPS) is 10.3. The van der Waals surface area contributed by atoms with Crippen LogP contribution in [0.3, 0.4) is 0 Å². The lowest BCUT2D eigenvalue weighted by Crippen LogP contribution is -2.07. The zero-order valence-corrected chi connectivity index (χ0v) is 9.20. The van der Waals surface area contributed by atoms with Crippen LogP contribution in [0.5, 0.6) is 0 Å². The molecule has 0 radical (unpaired) electrons. The zero-order chi connectivity index (χ0) is 10.9. The van der Waals surface area contributed by atoms with Crippen molar-refractivity contribution in [3.05, 3.63) is 23.5 Å². The molecule has 1 aromatic heterocycles. The van der Waals surface area contributed by atoms with Gasteiger partial charge in [0.25, 0.3) is 0 Å². The molecule has 0 saturated carbocycles. The second-order valence-corrected chi connectivity index (χ2v) is 3.38. The largest absolute Gasteiger partial charge is 0.394 e. The first-order valence-corrected chi connectivity index (χ1v) is 5.24. The highest BCUT2D eigenvalue weighted by Crippen LogP contribution is 2.18. The summed E-state index contributed by atoms with van der Waals surface area (Å²) in [6.07, 6.45) is 4.17. The first-order chi connectivity index (χ1) is 7.34. The molecule has 15 heavy (non-hydrogen) atoms. The summed E-state index contributed by atoms with van der Waals surface area (Å²) in [4.78, 5) is 3.89. The van der Waals surface area contributed by atoms with Crippen LogP contribution in [0.25, 0.3) is 0 Å². The van der Waals surface area contributed by atoms with Gasteiger partial charge < -0.3 is 15.2 Å². The second-order valence-electron chi connectivity index (χ2n) is 2.97. The molecule has 0 spiro atoms. The van der Waals surface area contributed by atoms with E-state index in [1.807, 2.05) is 6.07 Å². The Morgan fingerprint density at radius 1 is 1.47 bits per heavy atom. The van der Waals surface area contributed by atoms with Crippen molar-refractivity contribution in [2.24, 2.45) is 0 Å². The van der Waals surface area contributed by atoms with E-state index in [-0.39, 0.29) is 6.61 Å². The molecule has 0 saturated heterocycles. The minimum atomic E-state index is 0.0730. The number of aliphatic hydroxyl groups is 1. The topological polar surface area (TPSA) is 54.4 Å². The Labute approximate surface area is 94.2 Å². The summed E-state index contributed by atoms with van der Waals surface area (Å²) < 4.78 is 5.12. The van der Waals surface area contributed by atoms with E-state index in [1.165, 1.54) is 0 Å². The number of halogens is 1. The second kappa shape index (κ2) is 7.45. The van der Waals surface area contributed by atoms with Crippen LogP contribution in [0.15, 0.2) is 18.5 Å². The fraction of sp³-hybridized carbons (Fsp3) is 0.500. The number of hydrogen-bond acceptors (Lipinski definition) is 4. The SMILES string of the molecule is OCCOCCCNc1ccncc1Cl. The lowest BCUT2D eigenvalue weighted by atomic mass is 10.3. The molecule has 4 nitrogen and oxygen atoms in total. The zero-order valence-electron chi connectivity index (χ0n) is 8.45. The number of hydrogen-bond donors (Lipinski definition) is 2. The van der Waals surface area contributed by atoms with E-state index in [4.69, 9.17) is 21.4 Å². The third-order valence-electron chi connectivity index (χ3n) is 1.79. The molecule has 0 unspecified atom stereocenters. The molecular weight excluding hydrogens is 216 g/mol. The average molecular weight is 231 g/mol. The summed E-state index contributed by atoms with van der Waals surface area (Å²) in [5.74, 6) is 0. The highest BCUT2D eigenvalue weighted by Gasteiger charge is 1.97. The number of anilines is 1. The van der Waals surface area contributed by atoms with Crippen molar-refractivity contribution in [2.75, 3.05) is 31.7 Å². The molecule has 0 atom stereocenters. The minimum Gasteiger partial charge on any atom is -0.394 e. The molecular formula is C10H15ClN2O2. The predicted octanol–water partition coefficient (Wildman–Crippen LogP) is 1.55. The molecule has 0 fully saturated rings. The van der Waals surface area contributed by atoms with Gasteiger partial charge in [-0.15, -0.1) is 0 Å². The van der Waals surface area contributed by atoms with Gasteiger partial charge in [0.2, 0.25) is 0 Å². The van der Waals surface area contributed by atoms with Crippen molar-refractivity contribution >= 4 is 17.3 Å². The average Bonchev–Trinajstić information content (AvgIpc) is 2.25. The third kappa shape index (κ3) is 4.97. The summed E-state index contributed by atoms with van der Waals surface area (Å²) in [6.45, 7) is 1.89. The van der Waals surface area contributed by atoms with Crippen LogP contribution in [-0.4, -0.2) is 36.5 Å². The van der Waals surface area contributed by atoms with E-state index in [0.717, 1.165) is 18.7 Å². The molecule has 0 aromatic carbocycles. The van der Waals surface area contributed by atoms with Gasteiger partial charge in [-0.2, -0.15) is 0 Å². The Kier molecular flexibility index (Phi) is 6.08. The number of aliphatic hydroxyl groups excluding tert-OH is 1. The molecule has 1 heterocycles. The quantitative estimate of drug-likeness (QED) is 0.698. The smallest absolute Gasteiger partial charge is 0.0820 e. The van der Waals surface area contributed by atoms with Gasteiger partial charge in [0.15, 0.2) is 0 Å². The van der Waals surface area contributed by atoms with E-state index in [9.17, 15) is 0 Å². The standard InChI is InChI=1S/C10H15ClN2O2/c11-9-8-12-4-2-10(9)13-3-1-6-15-7-5-14/h2,4,8,14H,1,3,5-7H2,(H,12,13). The molecule has 1 aromatic rings. The third-order valence-corrected chi connectivity index (χ3v) is 2.09. The first kappa shape index (κ1) is 12.2. The summed E-state index contributed by atoms with van der Waals surface area (Å²) in [5, 5.41) is 12.3. The van der Waals surface area contributed by atoms with Crippen molar-refractivity contribution in [1.29, 1.82) is 0 Å². The highest BCUT2D eigenvalue weighted by atomic mass is 35.5. The van der Waals surface area contributed by atoms with Gasteiger partial charge in [0, 0.05) is 25.5 Å². The molecule has 0 aliphatic rings. The van der Waals surface area contributed by atoms with E-state index >= 15 is 0 Å². The molecule has 0 aliphatic carbocycles. The number of pyridine rings is 1. The van der Waals surface area contributed by atoms with Gasteiger partial charge in [-0.25, -0.2) is 0 Å². The van der Waals surface area contributed by atoms with Crippen LogP contribution in [0.4, 0.5) is 5.69 Å². The van der Waals surface area contributed by atoms with E-state index in [0.29, 0.717) is 18.2 Å². The number of nitrogens with zero attached hydrogens (tertiary/aromatic N) is 1. The van der Waals surface area contributed by atoms with Crippen LogP contribution < -0.4 is 5.32 Å². The molecule has 1 rings (SSSR count). The maximum Gasteiger partial charge on any atom is 0.0820 e. The molecule has 2 N–H and O–H groups in total. The maximum atomic E-state index is 8.47. The first-order valence-electron chi connectivity index (χ1n) is 4.86. The predicted molar refractivity (Wildman–Crippen MR) is 60.3 cm³/mol. The summed E-state index contributed by atoms with van der Waals surface area (Å²) in [6, 6.07) is 1.83. The molecule has 0 aliphatic heterocycles. The van der Waals surface area contributed by atoms with Gasteiger partial charge in [-0.1, -0.05) is 11.6 Å². The molecule has 0 amide bonds. The van der Waals surface area contributed by atoms with Crippen molar-refractivity contribution in [2.45, 2.75) is 6.42 Å². The Hall–Kier alpha value is -0.840. The van der Waals surface area contributed by atoms with Crippen LogP contribution in [0, 0.1) is 0 Å². The van der Waals surface area contributed by atoms with Crippen LogP contribution >= 0.6 is 11.6 Å². The van der Waals surface area contributed by atoms with Gasteiger partial charge in [0.05, 0.1) is 23.9 Å². The lowest BCUT2D eigenvalue weighted by molar-refractivity contribution is 0.0922. The minimum absolute atomic E-state index is 0.0730. The highest BCUT2D eigenvalue weighted by molar-refractivity contribution is 6.33. The lowest BCUT2D eigenvalue weighted by Gasteiger charge is -2.07. The number of ether oxygens (including phenoxy) is 1. The Morgan fingerprint density at radius 3 is 3.07 bits per heavy atom. The van der Waals surface area contributed by atoms with Crippen molar-refractivity contribution in [3.8, 4) is 0 Å². The van der Waals surface area contributed by atoms with Gasteiger partial charge >= 0.3 is 0 Å². The summed E-state index contributed by atoms with van der Waals surface area (Å²) >= 11 is 5.90. The van der Waals surface area contributed by atoms with Gasteiger partial charge in [-0.3, -0.25) is 4.98 Å². The molecule has 5 heteroatoms. The summed E-state index contributed by atoms with van der Waals surface area (Å²) in [7, 11) is 0. The van der Waals surface area contributed by atoms with Crippen LogP contribution in [0.2, 0.25) is 5.02 Å². The Morgan fingerprint density at radius 2 is 2.33 bits per heavy atom. The number of rotatable bonds is 7. The van der Waals surface area contributed by atoms with E-state index in [1.54, 1.807) is 12.4 Å². The van der Waals surface area contributed by atoms with Crippen molar-refractivity contribution in [1.82, 2.24) is 4.98 Å². The van der Waals surface area contributed by atoms with Crippen molar-refractivity contribution in [3.63, 3.8) is 0 Å². The fourth-order valence-corrected chi connectivity index (χ4v) is 1.27. The molecule has 84 valence electrons. The van der Waals surface area contributed by atoms with E-state index in [2.05, 4.69) is 10.3 Å². The van der Waals surface area contributed by atoms with Crippen LogP contribution in [-0.2, 0) is 4.74 Å². The Bertz CT molecular complexity index is 284. The van der Waals surface area contributed by atoms with Crippen molar-refractivity contribution < 1.29 is 9.84 Å². The van der Waals surface area contributed by atoms with Gasteiger partial charge in [0.1, 0.15) is 0 Å². The maximum absolute atomic E-state index is 8.47. The monoisotopic (exact) mass is 230 g/mol. The van der Waals surface area contributed by atoms with E-state index < -0.39 is 0 Å². The number of nitrogens with one attached hydrogen (secondary N) is 1. The summed E-state index contributed by atoms with van der Waals surface area (Å²) in [5.41, 5.74) is 0.883. The van der Waals surface area contributed by atoms with Gasteiger partial charge in [-0.05, 0) is 12.5 Å². The molecule has 0 bridgehead atoms. The van der Waals surface area contributed by atoms with Crippen LogP contribution in [0.1, 0.15) is 6.42 Å². The number of aromatic nitrogens is 1. The fourth-order valence-electron chi connectivity index (χ4n) is 1.08. The Balaban J connectivity index is 2.12.